The second kappa shape index (κ2) is 4.15. The average Bonchev–Trinajstić information content (AvgIpc) is 2.27. The van der Waals surface area contributed by atoms with Crippen molar-refractivity contribution in [1.82, 2.24) is 5.32 Å². The number of hydrogen-bond donors (Lipinski definition) is 1. The van der Waals surface area contributed by atoms with Gasteiger partial charge in [0.05, 0.1) is 0 Å². The van der Waals surface area contributed by atoms with Gasteiger partial charge in [0.15, 0.2) is 0 Å². The third kappa shape index (κ3) is 1.92. The van der Waals surface area contributed by atoms with Gasteiger partial charge in [0.1, 0.15) is 0 Å². The van der Waals surface area contributed by atoms with Crippen LogP contribution < -0.4 is 5.32 Å². The summed E-state index contributed by atoms with van der Waals surface area (Å²) in [5, 5.41) is 3.45. The highest BCUT2D eigenvalue weighted by atomic mass is 14.9. The molecule has 1 N–H and O–H groups in total. The minimum atomic E-state index is 0.566. The van der Waals surface area contributed by atoms with Crippen molar-refractivity contribution in [3.63, 3.8) is 0 Å². The lowest BCUT2D eigenvalue weighted by atomic mass is 9.50. The molecular weight excluding hydrogens is 218 g/mol. The first kappa shape index (κ1) is 12.3. The third-order valence-corrected chi connectivity index (χ3v) is 5.92. The molecule has 1 saturated heterocycles. The SMILES string of the molecule is C=C1CCC(C23CCCC(C)(CCC2)C3)C(=C)N1. The molecule has 1 heteroatoms. The van der Waals surface area contributed by atoms with Crippen LogP contribution in [0.25, 0.3) is 0 Å². The second-order valence-corrected chi connectivity index (χ2v) is 7.40. The van der Waals surface area contributed by atoms with Crippen molar-refractivity contribution >= 4 is 0 Å². The van der Waals surface area contributed by atoms with Crippen molar-refractivity contribution in [3.05, 3.63) is 24.6 Å². The fraction of sp³-hybridized carbons (Fsp3) is 0.765. The molecule has 1 atom stereocenters. The van der Waals surface area contributed by atoms with Gasteiger partial charge in [-0.3, -0.25) is 0 Å². The van der Waals surface area contributed by atoms with Crippen molar-refractivity contribution < 1.29 is 0 Å². The summed E-state index contributed by atoms with van der Waals surface area (Å²) in [4.78, 5) is 0. The molecule has 0 spiro atoms. The van der Waals surface area contributed by atoms with Gasteiger partial charge in [-0.15, -0.1) is 0 Å². The van der Waals surface area contributed by atoms with E-state index in [9.17, 15) is 0 Å². The molecule has 2 saturated carbocycles. The standard InChI is InChI=1S/C17H27N/c1-13-6-7-15(14(2)18-13)17-10-4-8-16(3,12-17)9-5-11-17/h15,18H,1-2,4-12H2,3H3. The van der Waals surface area contributed by atoms with Crippen LogP contribution in [0.15, 0.2) is 24.6 Å². The smallest absolute Gasteiger partial charge is 0.0112 e. The van der Waals surface area contributed by atoms with E-state index in [1.807, 2.05) is 0 Å². The molecule has 1 aliphatic heterocycles. The Hall–Kier alpha value is -0.720. The number of piperidine rings is 1. The average molecular weight is 245 g/mol. The molecule has 0 aromatic rings. The van der Waals surface area contributed by atoms with Crippen molar-refractivity contribution in [2.45, 2.75) is 64.7 Å². The molecular formula is C17H27N. The van der Waals surface area contributed by atoms with E-state index in [0.717, 1.165) is 6.42 Å². The fourth-order valence-corrected chi connectivity index (χ4v) is 5.20. The number of nitrogens with one attached hydrogen (secondary N) is 1. The minimum absolute atomic E-state index is 0.566. The Morgan fingerprint density at radius 3 is 2.39 bits per heavy atom. The molecule has 3 rings (SSSR count). The predicted octanol–water partition coefficient (Wildman–Crippen LogP) is 4.76. The highest BCUT2D eigenvalue weighted by molar-refractivity contribution is 5.18. The highest BCUT2D eigenvalue weighted by Crippen LogP contribution is 2.60. The van der Waals surface area contributed by atoms with E-state index in [1.54, 1.807) is 0 Å². The van der Waals surface area contributed by atoms with Crippen LogP contribution in [0, 0.1) is 16.7 Å². The molecule has 1 nitrogen and oxygen atoms in total. The van der Waals surface area contributed by atoms with E-state index in [0.29, 0.717) is 16.7 Å². The summed E-state index contributed by atoms with van der Waals surface area (Å²) in [6.45, 7) is 10.9. The van der Waals surface area contributed by atoms with E-state index < -0.39 is 0 Å². The lowest BCUT2D eigenvalue weighted by Crippen LogP contribution is -2.46. The number of fused-ring (bicyclic) bond motifs is 2. The first-order valence-corrected chi connectivity index (χ1v) is 7.67. The van der Waals surface area contributed by atoms with Gasteiger partial charge in [-0.1, -0.05) is 32.9 Å². The topological polar surface area (TPSA) is 12.0 Å². The van der Waals surface area contributed by atoms with Crippen LogP contribution in [-0.2, 0) is 0 Å². The largest absolute Gasteiger partial charge is 0.363 e. The fourth-order valence-electron chi connectivity index (χ4n) is 5.20. The third-order valence-electron chi connectivity index (χ3n) is 5.92. The summed E-state index contributed by atoms with van der Waals surface area (Å²) in [6.07, 6.45) is 12.5. The predicted molar refractivity (Wildman–Crippen MR) is 77.0 cm³/mol. The molecule has 0 aromatic heterocycles. The van der Waals surface area contributed by atoms with Crippen LogP contribution in [0.4, 0.5) is 0 Å². The monoisotopic (exact) mass is 245 g/mol. The lowest BCUT2D eigenvalue weighted by molar-refractivity contribution is -0.0256. The zero-order valence-electron chi connectivity index (χ0n) is 11.9. The van der Waals surface area contributed by atoms with Crippen molar-refractivity contribution in [2.24, 2.45) is 16.7 Å². The summed E-state index contributed by atoms with van der Waals surface area (Å²) in [5.74, 6) is 0.697. The maximum absolute atomic E-state index is 4.31. The highest BCUT2D eigenvalue weighted by Gasteiger charge is 2.50. The maximum atomic E-state index is 4.31. The Balaban J connectivity index is 1.85. The summed E-state index contributed by atoms with van der Waals surface area (Å²) in [5.41, 5.74) is 3.63. The van der Waals surface area contributed by atoms with Crippen LogP contribution in [-0.4, -0.2) is 0 Å². The zero-order chi connectivity index (χ0) is 12.8. The Kier molecular flexibility index (Phi) is 2.84. The normalized spacial score (nSPS) is 44.6. The molecule has 3 fully saturated rings. The molecule has 1 unspecified atom stereocenters. The van der Waals surface area contributed by atoms with Gasteiger partial charge < -0.3 is 5.32 Å². The Bertz CT molecular complexity index is 369. The van der Waals surface area contributed by atoms with Crippen LogP contribution >= 0.6 is 0 Å². The van der Waals surface area contributed by atoms with E-state index in [-0.39, 0.29) is 0 Å². The molecule has 2 aliphatic carbocycles. The minimum Gasteiger partial charge on any atom is -0.363 e. The van der Waals surface area contributed by atoms with Gasteiger partial charge in [-0.25, -0.2) is 0 Å². The summed E-state index contributed by atoms with van der Waals surface area (Å²) in [7, 11) is 0. The molecule has 3 aliphatic rings. The first-order chi connectivity index (χ1) is 8.53. The quantitative estimate of drug-likeness (QED) is 0.702. The van der Waals surface area contributed by atoms with Gasteiger partial charge in [0.25, 0.3) is 0 Å². The van der Waals surface area contributed by atoms with Gasteiger partial charge in [0, 0.05) is 17.3 Å². The Morgan fingerprint density at radius 1 is 1.11 bits per heavy atom. The van der Waals surface area contributed by atoms with E-state index in [2.05, 4.69) is 25.4 Å². The maximum Gasteiger partial charge on any atom is 0.0112 e. The summed E-state index contributed by atoms with van der Waals surface area (Å²) >= 11 is 0. The molecule has 0 amide bonds. The molecule has 100 valence electrons. The first-order valence-electron chi connectivity index (χ1n) is 7.67. The number of allylic oxidation sites excluding steroid dienone is 2. The van der Waals surface area contributed by atoms with Gasteiger partial charge >= 0.3 is 0 Å². The summed E-state index contributed by atoms with van der Waals surface area (Å²) in [6, 6.07) is 0. The van der Waals surface area contributed by atoms with Crippen molar-refractivity contribution in [3.8, 4) is 0 Å². The van der Waals surface area contributed by atoms with Gasteiger partial charge in [-0.2, -0.15) is 0 Å². The summed E-state index contributed by atoms with van der Waals surface area (Å²) < 4.78 is 0. The number of rotatable bonds is 1. The van der Waals surface area contributed by atoms with Crippen LogP contribution in [0.5, 0.6) is 0 Å². The van der Waals surface area contributed by atoms with Crippen LogP contribution in [0.1, 0.15) is 64.7 Å². The zero-order valence-corrected chi connectivity index (χ0v) is 11.9. The molecule has 2 bridgehead atoms. The Morgan fingerprint density at radius 2 is 1.78 bits per heavy atom. The molecule has 0 radical (unpaired) electrons. The van der Waals surface area contributed by atoms with Gasteiger partial charge in [-0.05, 0) is 55.8 Å². The van der Waals surface area contributed by atoms with E-state index in [4.69, 9.17) is 0 Å². The molecule has 18 heavy (non-hydrogen) atoms. The Labute approximate surface area is 112 Å². The molecule has 1 heterocycles. The van der Waals surface area contributed by atoms with Gasteiger partial charge in [0.2, 0.25) is 0 Å². The van der Waals surface area contributed by atoms with Crippen molar-refractivity contribution in [2.75, 3.05) is 0 Å². The second-order valence-electron chi connectivity index (χ2n) is 7.40. The lowest BCUT2D eigenvalue weighted by Gasteiger charge is -2.56. The van der Waals surface area contributed by atoms with Crippen LogP contribution in [0.2, 0.25) is 0 Å². The van der Waals surface area contributed by atoms with E-state index >= 15 is 0 Å². The molecule has 0 aromatic carbocycles. The number of hydrogen-bond acceptors (Lipinski definition) is 1. The van der Waals surface area contributed by atoms with E-state index in [1.165, 1.54) is 62.8 Å². The van der Waals surface area contributed by atoms with Crippen LogP contribution in [0.3, 0.4) is 0 Å². The van der Waals surface area contributed by atoms with Crippen molar-refractivity contribution in [1.29, 1.82) is 0 Å².